The van der Waals surface area contributed by atoms with Gasteiger partial charge in [0.05, 0.1) is 13.3 Å². The number of carbonyl (C=O) groups excluding carboxylic acids is 2. The first-order valence-electron chi connectivity index (χ1n) is 6.19. The number of aryl methyl sites for hydroxylation is 1. The number of nitrogens with zero attached hydrogens (tertiary/aromatic N) is 2. The second-order valence-electron chi connectivity index (χ2n) is 4.44. The monoisotopic (exact) mass is 298 g/mol. The van der Waals surface area contributed by atoms with E-state index >= 15 is 0 Å². The molecule has 2 atom stereocenters. The number of nitrogens with one attached hydrogen (secondary N) is 1. The van der Waals surface area contributed by atoms with Gasteiger partial charge in [0.25, 0.3) is 0 Å². The zero-order chi connectivity index (χ0) is 16.0. The quantitative estimate of drug-likeness (QED) is 0.546. The molecule has 1 heterocycles. The van der Waals surface area contributed by atoms with Crippen LogP contribution in [0.5, 0.6) is 0 Å². The predicted octanol–water partition coefficient (Wildman–Crippen LogP) is -1.06. The molecule has 0 aliphatic heterocycles. The lowest BCUT2D eigenvalue weighted by Gasteiger charge is -2.16. The molecule has 1 aromatic rings. The maximum atomic E-state index is 11.9. The van der Waals surface area contributed by atoms with Gasteiger partial charge in [-0.05, 0) is 6.42 Å². The Bertz CT molecular complexity index is 527. The molecule has 1 rings (SSSR count). The van der Waals surface area contributed by atoms with Gasteiger partial charge in [-0.15, -0.1) is 0 Å². The lowest BCUT2D eigenvalue weighted by Crippen LogP contribution is -2.45. The van der Waals surface area contributed by atoms with Crippen LogP contribution in [0.4, 0.5) is 0 Å². The van der Waals surface area contributed by atoms with E-state index in [-0.39, 0.29) is 12.8 Å². The highest BCUT2D eigenvalue weighted by molar-refractivity contribution is 5.87. The third kappa shape index (κ3) is 4.88. The number of rotatable bonds is 7. The summed E-state index contributed by atoms with van der Waals surface area (Å²) in [7, 11) is 2.87. The van der Waals surface area contributed by atoms with Gasteiger partial charge in [0.15, 0.2) is 0 Å². The van der Waals surface area contributed by atoms with Gasteiger partial charge in [-0.2, -0.15) is 5.10 Å². The Morgan fingerprint density at radius 2 is 2.19 bits per heavy atom. The Balaban J connectivity index is 2.63. The molecular formula is C12H18N4O5. The van der Waals surface area contributed by atoms with Crippen molar-refractivity contribution < 1.29 is 24.2 Å². The molecule has 4 N–H and O–H groups in total. The Morgan fingerprint density at radius 3 is 2.67 bits per heavy atom. The molecule has 0 aliphatic carbocycles. The summed E-state index contributed by atoms with van der Waals surface area (Å²) in [6.07, 6.45) is 2.80. The van der Waals surface area contributed by atoms with Gasteiger partial charge in [0, 0.05) is 25.2 Å². The molecule has 1 amide bonds. The molecule has 21 heavy (non-hydrogen) atoms. The van der Waals surface area contributed by atoms with Crippen molar-refractivity contribution in [1.29, 1.82) is 0 Å². The van der Waals surface area contributed by atoms with Crippen LogP contribution < -0.4 is 11.1 Å². The number of amides is 1. The number of carboxylic acids is 1. The van der Waals surface area contributed by atoms with E-state index in [2.05, 4.69) is 15.2 Å². The molecule has 0 radical (unpaired) electrons. The van der Waals surface area contributed by atoms with Crippen LogP contribution in [0.15, 0.2) is 12.4 Å². The van der Waals surface area contributed by atoms with Crippen LogP contribution in [0, 0.1) is 0 Å². The molecule has 116 valence electrons. The fraction of sp³-hybridized carbons (Fsp3) is 0.500. The molecule has 0 aliphatic rings. The normalized spacial score (nSPS) is 13.3. The van der Waals surface area contributed by atoms with Gasteiger partial charge in [0.2, 0.25) is 5.91 Å². The number of esters is 1. The van der Waals surface area contributed by atoms with Crippen molar-refractivity contribution >= 4 is 17.8 Å². The van der Waals surface area contributed by atoms with Crippen LogP contribution in [-0.4, -0.2) is 45.9 Å². The minimum atomic E-state index is -1.24. The van der Waals surface area contributed by atoms with Crippen molar-refractivity contribution in [2.45, 2.75) is 24.9 Å². The average molecular weight is 298 g/mol. The van der Waals surface area contributed by atoms with E-state index in [0.29, 0.717) is 5.56 Å². The first-order valence-corrected chi connectivity index (χ1v) is 6.19. The third-order valence-electron chi connectivity index (χ3n) is 2.85. The number of hydrogen-bond donors (Lipinski definition) is 3. The largest absolute Gasteiger partial charge is 0.480 e. The van der Waals surface area contributed by atoms with Gasteiger partial charge >= 0.3 is 11.9 Å². The number of aromatic nitrogens is 2. The predicted molar refractivity (Wildman–Crippen MR) is 71.0 cm³/mol. The molecule has 1 aromatic heterocycles. The van der Waals surface area contributed by atoms with Crippen molar-refractivity contribution in [2.24, 2.45) is 12.8 Å². The van der Waals surface area contributed by atoms with Gasteiger partial charge in [-0.25, -0.2) is 4.79 Å². The fourth-order valence-electron chi connectivity index (χ4n) is 1.64. The van der Waals surface area contributed by atoms with Crippen LogP contribution in [0.2, 0.25) is 0 Å². The van der Waals surface area contributed by atoms with Gasteiger partial charge < -0.3 is 20.9 Å². The Kier molecular flexibility index (Phi) is 5.85. The summed E-state index contributed by atoms with van der Waals surface area (Å²) >= 11 is 0. The van der Waals surface area contributed by atoms with Crippen LogP contribution in [0.25, 0.3) is 0 Å². The summed E-state index contributed by atoms with van der Waals surface area (Å²) in [6.45, 7) is 0. The lowest BCUT2D eigenvalue weighted by atomic mass is 10.1. The van der Waals surface area contributed by atoms with Crippen LogP contribution >= 0.6 is 0 Å². The molecule has 0 bridgehead atoms. The van der Waals surface area contributed by atoms with E-state index in [1.54, 1.807) is 13.2 Å². The zero-order valence-electron chi connectivity index (χ0n) is 11.8. The molecule has 0 saturated carbocycles. The highest BCUT2D eigenvalue weighted by atomic mass is 16.5. The van der Waals surface area contributed by atoms with Crippen molar-refractivity contribution in [1.82, 2.24) is 15.1 Å². The van der Waals surface area contributed by atoms with Crippen LogP contribution in [0.3, 0.4) is 0 Å². The second-order valence-corrected chi connectivity index (χ2v) is 4.44. The standard InChI is InChI=1S/C12H18N4O5/c1-16-6-7(5-14-16)10(13)11(18)15-8(12(19)20)3-4-9(17)21-2/h5-6,8,10H,3-4,13H2,1-2H3,(H,15,18)(H,19,20)/t8-,10?/m0/s1. The van der Waals surface area contributed by atoms with Crippen molar-refractivity contribution in [2.75, 3.05) is 7.11 Å². The zero-order valence-corrected chi connectivity index (χ0v) is 11.8. The van der Waals surface area contributed by atoms with Gasteiger partial charge in [-0.3, -0.25) is 14.3 Å². The number of methoxy groups -OCH3 is 1. The first-order chi connectivity index (χ1) is 9.85. The summed E-state index contributed by atoms with van der Waals surface area (Å²) in [5.41, 5.74) is 6.20. The average Bonchev–Trinajstić information content (AvgIpc) is 2.87. The van der Waals surface area contributed by atoms with Crippen LogP contribution in [-0.2, 0) is 26.2 Å². The molecule has 0 fully saturated rings. The first kappa shape index (κ1) is 16.6. The molecule has 0 saturated heterocycles. The van der Waals surface area contributed by atoms with Crippen molar-refractivity contribution in [3.05, 3.63) is 18.0 Å². The number of hydrogen-bond acceptors (Lipinski definition) is 6. The van der Waals surface area contributed by atoms with E-state index in [0.717, 1.165) is 0 Å². The molecule has 0 spiro atoms. The number of nitrogens with two attached hydrogens (primary N) is 1. The van der Waals surface area contributed by atoms with E-state index in [9.17, 15) is 14.4 Å². The van der Waals surface area contributed by atoms with E-state index in [1.807, 2.05) is 0 Å². The molecule has 9 heteroatoms. The molecule has 1 unspecified atom stereocenters. The van der Waals surface area contributed by atoms with Crippen molar-refractivity contribution in [3.8, 4) is 0 Å². The minimum Gasteiger partial charge on any atom is -0.480 e. The lowest BCUT2D eigenvalue weighted by molar-refractivity contribution is -0.144. The van der Waals surface area contributed by atoms with E-state index < -0.39 is 29.9 Å². The summed E-state index contributed by atoms with van der Waals surface area (Å²) in [4.78, 5) is 34.0. The molecular weight excluding hydrogens is 280 g/mol. The number of ether oxygens (including phenoxy) is 1. The smallest absolute Gasteiger partial charge is 0.326 e. The third-order valence-corrected chi connectivity index (χ3v) is 2.85. The van der Waals surface area contributed by atoms with Crippen LogP contribution in [0.1, 0.15) is 24.4 Å². The highest BCUT2D eigenvalue weighted by Crippen LogP contribution is 2.09. The summed E-state index contributed by atoms with van der Waals surface area (Å²) in [6, 6.07) is -2.24. The maximum Gasteiger partial charge on any atom is 0.326 e. The maximum absolute atomic E-state index is 11.9. The summed E-state index contributed by atoms with van der Waals surface area (Å²) in [5.74, 6) is -2.45. The topological polar surface area (TPSA) is 137 Å². The Labute approximate surface area is 121 Å². The van der Waals surface area contributed by atoms with Gasteiger partial charge in [0.1, 0.15) is 12.1 Å². The summed E-state index contributed by atoms with van der Waals surface area (Å²) in [5, 5.41) is 15.2. The molecule has 9 nitrogen and oxygen atoms in total. The van der Waals surface area contributed by atoms with E-state index in [1.165, 1.54) is 18.0 Å². The Hall–Kier alpha value is -2.42. The number of carboxylic acid groups (broad SMARTS) is 1. The SMILES string of the molecule is COC(=O)CC[C@H](NC(=O)C(N)c1cnn(C)c1)C(=O)O. The van der Waals surface area contributed by atoms with Crippen molar-refractivity contribution in [3.63, 3.8) is 0 Å². The molecule has 0 aromatic carbocycles. The number of carbonyl (C=O) groups is 3. The Morgan fingerprint density at radius 1 is 1.52 bits per heavy atom. The summed E-state index contributed by atoms with van der Waals surface area (Å²) < 4.78 is 5.91. The number of aliphatic carboxylic acids is 1. The highest BCUT2D eigenvalue weighted by Gasteiger charge is 2.25. The second kappa shape index (κ2) is 7.39. The van der Waals surface area contributed by atoms with Gasteiger partial charge in [-0.1, -0.05) is 0 Å². The minimum absolute atomic E-state index is 0.0759. The fourth-order valence-corrected chi connectivity index (χ4v) is 1.64. The van der Waals surface area contributed by atoms with E-state index in [4.69, 9.17) is 10.8 Å².